The largest absolute Gasteiger partial charge is 0.445 e. The molecule has 0 aromatic carbocycles. The van der Waals surface area contributed by atoms with Gasteiger partial charge in [-0.3, -0.25) is 4.79 Å². The summed E-state index contributed by atoms with van der Waals surface area (Å²) < 4.78 is 5.35. The molecule has 1 aliphatic heterocycles. The van der Waals surface area contributed by atoms with E-state index in [4.69, 9.17) is 4.42 Å². The number of thiazole rings is 1. The Labute approximate surface area is 162 Å². The van der Waals surface area contributed by atoms with E-state index in [9.17, 15) is 9.90 Å². The first-order chi connectivity index (χ1) is 12.8. The van der Waals surface area contributed by atoms with Gasteiger partial charge in [-0.2, -0.15) is 0 Å². The number of carbonyl (C=O) groups excluding carboxylic acids is 1. The van der Waals surface area contributed by atoms with Crippen LogP contribution in [0.5, 0.6) is 0 Å². The number of oxazole rings is 1. The van der Waals surface area contributed by atoms with Crippen LogP contribution in [-0.4, -0.2) is 46.2 Å². The van der Waals surface area contributed by atoms with Crippen LogP contribution < -0.4 is 10.2 Å². The Morgan fingerprint density at radius 2 is 1.89 bits per heavy atom. The van der Waals surface area contributed by atoms with Crippen molar-refractivity contribution in [1.82, 2.24) is 15.3 Å². The highest BCUT2D eigenvalue weighted by atomic mass is 32.1. The number of aryl methyl sites for hydroxylation is 4. The van der Waals surface area contributed by atoms with E-state index >= 15 is 0 Å². The van der Waals surface area contributed by atoms with Gasteiger partial charge in [-0.05, 0) is 45.4 Å². The van der Waals surface area contributed by atoms with Gasteiger partial charge in [0, 0.05) is 24.9 Å². The number of amides is 1. The molecule has 1 amide bonds. The lowest BCUT2D eigenvalue weighted by Gasteiger charge is -2.35. The second kappa shape index (κ2) is 6.91. The molecule has 1 saturated carbocycles. The molecule has 4 rings (SSSR count). The lowest BCUT2D eigenvalue weighted by atomic mass is 9.77. The monoisotopic (exact) mass is 390 g/mol. The molecule has 1 saturated heterocycles. The van der Waals surface area contributed by atoms with E-state index in [-0.39, 0.29) is 11.9 Å². The van der Waals surface area contributed by atoms with Crippen LogP contribution >= 0.6 is 11.3 Å². The number of carbonyl (C=O) groups is 1. The molecule has 2 aliphatic rings. The summed E-state index contributed by atoms with van der Waals surface area (Å²) >= 11 is 1.73. The third-order valence-electron chi connectivity index (χ3n) is 5.86. The van der Waals surface area contributed by atoms with Crippen LogP contribution in [0, 0.1) is 39.5 Å². The van der Waals surface area contributed by atoms with Crippen molar-refractivity contribution in [2.45, 2.75) is 52.7 Å². The molecule has 3 heterocycles. The van der Waals surface area contributed by atoms with Gasteiger partial charge in [-0.1, -0.05) is 0 Å². The first-order valence-corrected chi connectivity index (χ1v) is 10.3. The van der Waals surface area contributed by atoms with E-state index < -0.39 is 6.10 Å². The maximum absolute atomic E-state index is 12.5. The van der Waals surface area contributed by atoms with Gasteiger partial charge in [-0.25, -0.2) is 9.97 Å². The van der Waals surface area contributed by atoms with E-state index in [1.165, 1.54) is 4.88 Å². The second-order valence-corrected chi connectivity index (χ2v) is 9.00. The summed E-state index contributed by atoms with van der Waals surface area (Å²) in [7, 11) is 0. The second-order valence-electron chi connectivity index (χ2n) is 7.82. The highest BCUT2D eigenvalue weighted by Crippen LogP contribution is 2.40. The summed E-state index contributed by atoms with van der Waals surface area (Å²) in [5.41, 5.74) is 1.40. The molecule has 146 valence electrons. The van der Waals surface area contributed by atoms with Gasteiger partial charge < -0.3 is 19.7 Å². The Bertz CT molecular complexity index is 842. The predicted molar refractivity (Wildman–Crippen MR) is 103 cm³/mol. The average molecular weight is 391 g/mol. The lowest BCUT2D eigenvalue weighted by Crippen LogP contribution is -2.49. The van der Waals surface area contributed by atoms with Crippen LogP contribution in [-0.2, 0) is 0 Å². The quantitative estimate of drug-likeness (QED) is 0.836. The summed E-state index contributed by atoms with van der Waals surface area (Å²) in [6.45, 7) is 9.45. The number of aliphatic hydroxyl groups excluding tert-OH is 1. The third kappa shape index (κ3) is 3.48. The Kier molecular flexibility index (Phi) is 4.71. The number of anilines is 1. The molecule has 0 radical (unpaired) electrons. The summed E-state index contributed by atoms with van der Waals surface area (Å²) in [6.07, 6.45) is 0.933. The summed E-state index contributed by atoms with van der Waals surface area (Å²) in [5.74, 6) is 1.60. The van der Waals surface area contributed by atoms with Gasteiger partial charge in [0.1, 0.15) is 5.76 Å². The minimum absolute atomic E-state index is 0.255. The first kappa shape index (κ1) is 18.4. The molecule has 0 unspecified atom stereocenters. The van der Waals surface area contributed by atoms with Crippen molar-refractivity contribution in [1.29, 1.82) is 0 Å². The molecule has 2 N–H and O–H groups in total. The zero-order valence-electron chi connectivity index (χ0n) is 16.2. The Morgan fingerprint density at radius 1 is 1.19 bits per heavy atom. The van der Waals surface area contributed by atoms with Crippen LogP contribution in [0.2, 0.25) is 0 Å². The van der Waals surface area contributed by atoms with Crippen LogP contribution in [0.15, 0.2) is 4.42 Å². The Balaban J connectivity index is 1.43. The fourth-order valence-corrected chi connectivity index (χ4v) is 5.24. The molecule has 0 spiro atoms. The number of hydrogen-bond donors (Lipinski definition) is 2. The van der Waals surface area contributed by atoms with Crippen LogP contribution in [0.1, 0.15) is 45.6 Å². The zero-order valence-corrected chi connectivity index (χ0v) is 17.0. The summed E-state index contributed by atoms with van der Waals surface area (Å²) in [4.78, 5) is 25.0. The van der Waals surface area contributed by atoms with Gasteiger partial charge in [0.05, 0.1) is 17.8 Å². The average Bonchev–Trinajstić information content (AvgIpc) is 3.25. The van der Waals surface area contributed by atoms with Crippen LogP contribution in [0.4, 0.5) is 5.13 Å². The van der Waals surface area contributed by atoms with Gasteiger partial charge in [-0.15, -0.1) is 11.3 Å². The van der Waals surface area contributed by atoms with Crippen LogP contribution in [0.3, 0.4) is 0 Å². The molecule has 2 fully saturated rings. The number of nitrogens with one attached hydrogen (secondary N) is 1. The SMILES string of the molecule is Cc1nc(C(=O)N[C@H]2C[C@H]3CN(c4nc(C)c(C)s4)C[C@H]3C[C@@H]2O)c(C)o1. The van der Waals surface area contributed by atoms with Gasteiger partial charge >= 0.3 is 0 Å². The van der Waals surface area contributed by atoms with Crippen molar-refractivity contribution in [3.05, 3.63) is 27.9 Å². The maximum atomic E-state index is 12.5. The molecule has 1 aliphatic carbocycles. The molecular weight excluding hydrogens is 364 g/mol. The van der Waals surface area contributed by atoms with Gasteiger partial charge in [0.2, 0.25) is 0 Å². The number of nitrogens with zero attached hydrogens (tertiary/aromatic N) is 3. The highest BCUT2D eigenvalue weighted by Gasteiger charge is 2.43. The Morgan fingerprint density at radius 3 is 2.48 bits per heavy atom. The Hall–Kier alpha value is -1.93. The predicted octanol–water partition coefficient (Wildman–Crippen LogP) is 2.37. The molecule has 27 heavy (non-hydrogen) atoms. The van der Waals surface area contributed by atoms with Crippen molar-refractivity contribution in [2.75, 3.05) is 18.0 Å². The standard InChI is InChI=1S/C19H26N4O3S/c1-9-11(3)27-19(20-9)23-7-13-5-15(16(24)6-14(13)8-23)22-18(25)17-10(2)26-12(4)21-17/h13-16,24H,5-8H2,1-4H3,(H,22,25)/t13-,14+,15-,16-/m0/s1. The molecule has 2 aromatic rings. The van der Waals surface area contributed by atoms with Crippen molar-refractivity contribution in [2.24, 2.45) is 11.8 Å². The normalized spacial score (nSPS) is 27.7. The number of rotatable bonds is 3. The molecule has 4 atom stereocenters. The zero-order chi connectivity index (χ0) is 19.3. The maximum Gasteiger partial charge on any atom is 0.273 e. The van der Waals surface area contributed by atoms with Crippen molar-refractivity contribution >= 4 is 22.4 Å². The third-order valence-corrected chi connectivity index (χ3v) is 7.00. The van der Waals surface area contributed by atoms with Gasteiger partial charge in [0.25, 0.3) is 5.91 Å². The molecule has 8 heteroatoms. The first-order valence-electron chi connectivity index (χ1n) is 9.43. The summed E-state index contributed by atoms with van der Waals surface area (Å²) in [6, 6.07) is -0.255. The van der Waals surface area contributed by atoms with Crippen molar-refractivity contribution in [3.8, 4) is 0 Å². The minimum Gasteiger partial charge on any atom is -0.445 e. The van der Waals surface area contributed by atoms with Crippen LogP contribution in [0.25, 0.3) is 0 Å². The smallest absolute Gasteiger partial charge is 0.273 e. The molecular formula is C19H26N4O3S. The van der Waals surface area contributed by atoms with E-state index in [2.05, 4.69) is 27.1 Å². The molecule has 0 bridgehead atoms. The molecule has 7 nitrogen and oxygen atoms in total. The lowest BCUT2D eigenvalue weighted by molar-refractivity contribution is 0.0460. The van der Waals surface area contributed by atoms with Crippen molar-refractivity contribution in [3.63, 3.8) is 0 Å². The van der Waals surface area contributed by atoms with Crippen molar-refractivity contribution < 1.29 is 14.3 Å². The molecule has 2 aromatic heterocycles. The highest BCUT2D eigenvalue weighted by molar-refractivity contribution is 7.15. The van der Waals surface area contributed by atoms with Gasteiger partial charge in [0.15, 0.2) is 16.7 Å². The number of aliphatic hydroxyl groups is 1. The van der Waals surface area contributed by atoms with E-state index in [1.54, 1.807) is 25.2 Å². The number of fused-ring (bicyclic) bond motifs is 1. The topological polar surface area (TPSA) is 91.5 Å². The number of aromatic nitrogens is 2. The summed E-state index contributed by atoms with van der Waals surface area (Å²) in [5, 5.41) is 14.7. The van der Waals surface area contributed by atoms with E-state index in [1.807, 2.05) is 6.92 Å². The number of hydrogen-bond acceptors (Lipinski definition) is 7. The fraction of sp³-hybridized carbons (Fsp3) is 0.632. The van der Waals surface area contributed by atoms with E-state index in [0.29, 0.717) is 35.6 Å². The van der Waals surface area contributed by atoms with E-state index in [0.717, 1.165) is 30.3 Å². The minimum atomic E-state index is -0.539. The fourth-order valence-electron chi connectivity index (χ4n) is 4.31.